The van der Waals surface area contributed by atoms with Crippen LogP contribution >= 0.6 is 0 Å². The molecule has 0 spiro atoms. The molecule has 1 aromatic carbocycles. The molecule has 1 aliphatic heterocycles. The molecule has 28 heavy (non-hydrogen) atoms. The Bertz CT molecular complexity index is 1010. The lowest BCUT2D eigenvalue weighted by Gasteiger charge is -2.27. The van der Waals surface area contributed by atoms with E-state index in [2.05, 4.69) is 10.1 Å². The summed E-state index contributed by atoms with van der Waals surface area (Å²) in [5, 5.41) is 4.31. The van der Waals surface area contributed by atoms with E-state index in [9.17, 15) is 22.4 Å². The molecule has 10 heteroatoms. The number of carbonyl (C=O) groups is 1. The Morgan fingerprint density at radius 1 is 1.18 bits per heavy atom. The molecular formula is C18H15F4N5O. The molecule has 4 rings (SSSR count). The van der Waals surface area contributed by atoms with Gasteiger partial charge in [-0.2, -0.15) is 18.3 Å². The van der Waals surface area contributed by atoms with Gasteiger partial charge in [0.05, 0.1) is 29.6 Å². The molecule has 0 unspecified atom stereocenters. The average molecular weight is 393 g/mol. The smallest absolute Gasteiger partial charge is 0.327 e. The first kappa shape index (κ1) is 18.2. The summed E-state index contributed by atoms with van der Waals surface area (Å²) in [6.45, 7) is 0.187. The quantitative estimate of drug-likeness (QED) is 0.642. The Morgan fingerprint density at radius 2 is 1.93 bits per heavy atom. The van der Waals surface area contributed by atoms with Crippen molar-refractivity contribution in [3.05, 3.63) is 60.2 Å². The Balaban J connectivity index is 1.57. The number of benzene rings is 1. The maximum Gasteiger partial charge on any atom is 0.434 e. The number of fused-ring (bicyclic) bond motifs is 1. The highest BCUT2D eigenvalue weighted by Crippen LogP contribution is 2.30. The lowest BCUT2D eigenvalue weighted by molar-refractivity contribution is -0.141. The van der Waals surface area contributed by atoms with Crippen LogP contribution in [-0.4, -0.2) is 31.8 Å². The fourth-order valence-corrected chi connectivity index (χ4v) is 3.25. The van der Waals surface area contributed by atoms with Gasteiger partial charge in [0.2, 0.25) is 5.91 Å². The number of amides is 1. The van der Waals surface area contributed by atoms with Crippen molar-refractivity contribution in [2.24, 2.45) is 0 Å². The van der Waals surface area contributed by atoms with Crippen LogP contribution < -0.4 is 4.90 Å². The number of aromatic nitrogens is 4. The van der Waals surface area contributed by atoms with Crippen molar-refractivity contribution in [3.8, 4) is 5.69 Å². The Morgan fingerprint density at radius 3 is 2.61 bits per heavy atom. The van der Waals surface area contributed by atoms with Crippen molar-refractivity contribution >= 4 is 11.6 Å². The van der Waals surface area contributed by atoms with Gasteiger partial charge in [-0.25, -0.2) is 14.1 Å². The van der Waals surface area contributed by atoms with Crippen LogP contribution in [-0.2, 0) is 23.9 Å². The molecular weight excluding hydrogens is 378 g/mol. The minimum Gasteiger partial charge on any atom is -0.327 e. The van der Waals surface area contributed by atoms with Crippen molar-refractivity contribution in [1.29, 1.82) is 0 Å². The van der Waals surface area contributed by atoms with E-state index in [4.69, 9.17) is 0 Å². The van der Waals surface area contributed by atoms with Crippen LogP contribution in [0.3, 0.4) is 0 Å². The standard InChI is InChI=1S/C18H15F4N5O/c19-12-3-5-13(6-4-12)27-14-2-1-7-26(15(14)8-24-27)17(28)10-25-9-16(23-11-25)18(20,21)22/h3-6,8-9,11H,1-2,7,10H2. The number of halogens is 4. The van der Waals surface area contributed by atoms with Gasteiger partial charge in [-0.3, -0.25) is 4.79 Å². The maximum atomic E-state index is 13.2. The molecule has 3 heterocycles. The summed E-state index contributed by atoms with van der Waals surface area (Å²) in [4.78, 5) is 17.5. The molecule has 3 aromatic rings. The number of nitrogens with zero attached hydrogens (tertiary/aromatic N) is 5. The summed E-state index contributed by atoms with van der Waals surface area (Å²) in [6.07, 6.45) is 0.162. The molecule has 0 atom stereocenters. The Hall–Kier alpha value is -3.17. The molecule has 6 nitrogen and oxygen atoms in total. The second kappa shape index (κ2) is 6.77. The number of hydrogen-bond donors (Lipinski definition) is 0. The first-order valence-corrected chi connectivity index (χ1v) is 8.55. The highest BCUT2D eigenvalue weighted by Gasteiger charge is 2.34. The minimum atomic E-state index is -4.55. The van der Waals surface area contributed by atoms with Gasteiger partial charge in [-0.1, -0.05) is 0 Å². The van der Waals surface area contributed by atoms with Crippen molar-refractivity contribution < 1.29 is 22.4 Å². The van der Waals surface area contributed by atoms with Crippen molar-refractivity contribution in [2.45, 2.75) is 25.6 Å². The molecule has 0 bridgehead atoms. The van der Waals surface area contributed by atoms with Crippen LogP contribution in [0.25, 0.3) is 5.69 Å². The molecule has 0 saturated heterocycles. The molecule has 0 aliphatic carbocycles. The van der Waals surface area contributed by atoms with Gasteiger partial charge in [0.1, 0.15) is 12.4 Å². The number of anilines is 1. The summed E-state index contributed by atoms with van der Waals surface area (Å²) in [5.41, 5.74) is 1.04. The molecule has 0 radical (unpaired) electrons. The van der Waals surface area contributed by atoms with Gasteiger partial charge in [0.15, 0.2) is 5.69 Å². The second-order valence-corrected chi connectivity index (χ2v) is 6.44. The zero-order valence-electron chi connectivity index (χ0n) is 14.5. The first-order chi connectivity index (χ1) is 13.3. The van der Waals surface area contributed by atoms with E-state index in [0.717, 1.165) is 22.8 Å². The third-order valence-corrected chi connectivity index (χ3v) is 4.55. The summed E-state index contributed by atoms with van der Waals surface area (Å²) >= 11 is 0. The monoisotopic (exact) mass is 393 g/mol. The fourth-order valence-electron chi connectivity index (χ4n) is 3.25. The van der Waals surface area contributed by atoms with E-state index in [0.29, 0.717) is 30.8 Å². The van der Waals surface area contributed by atoms with Crippen molar-refractivity contribution in [2.75, 3.05) is 11.4 Å². The van der Waals surface area contributed by atoms with Gasteiger partial charge >= 0.3 is 6.18 Å². The SMILES string of the molecule is O=C(Cn1cnc(C(F)(F)F)c1)N1CCCc2c1cnn2-c1ccc(F)cc1. The van der Waals surface area contributed by atoms with E-state index >= 15 is 0 Å². The highest BCUT2D eigenvalue weighted by atomic mass is 19.4. The molecule has 1 amide bonds. The predicted molar refractivity (Wildman–Crippen MR) is 91.4 cm³/mol. The molecule has 0 fully saturated rings. The van der Waals surface area contributed by atoms with Gasteiger partial charge < -0.3 is 9.47 Å². The molecule has 2 aromatic heterocycles. The fraction of sp³-hybridized carbons (Fsp3) is 0.278. The molecule has 0 N–H and O–H groups in total. The van der Waals surface area contributed by atoms with Gasteiger partial charge in [-0.05, 0) is 37.1 Å². The minimum absolute atomic E-state index is 0.260. The van der Waals surface area contributed by atoms with E-state index < -0.39 is 11.9 Å². The van der Waals surface area contributed by atoms with E-state index in [1.54, 1.807) is 23.0 Å². The van der Waals surface area contributed by atoms with Gasteiger partial charge in [0, 0.05) is 12.7 Å². The zero-order chi connectivity index (χ0) is 19.9. The average Bonchev–Trinajstić information content (AvgIpc) is 3.29. The summed E-state index contributed by atoms with van der Waals surface area (Å²) in [5.74, 6) is -0.717. The van der Waals surface area contributed by atoms with Gasteiger partial charge in [-0.15, -0.1) is 0 Å². The summed E-state index contributed by atoms with van der Waals surface area (Å²) < 4.78 is 53.9. The predicted octanol–water partition coefficient (Wildman–Crippen LogP) is 3.21. The molecule has 1 aliphatic rings. The van der Waals surface area contributed by atoms with Gasteiger partial charge in [0.25, 0.3) is 0 Å². The van der Waals surface area contributed by atoms with E-state index in [1.807, 2.05) is 0 Å². The maximum absolute atomic E-state index is 13.2. The molecule has 146 valence electrons. The van der Waals surface area contributed by atoms with Crippen molar-refractivity contribution in [1.82, 2.24) is 19.3 Å². The van der Waals surface area contributed by atoms with Crippen LogP contribution in [0.4, 0.5) is 23.2 Å². The number of alkyl halides is 3. The largest absolute Gasteiger partial charge is 0.434 e. The zero-order valence-corrected chi connectivity index (χ0v) is 14.5. The topological polar surface area (TPSA) is 56.0 Å². The number of carbonyl (C=O) groups excluding carboxylic acids is 1. The van der Waals surface area contributed by atoms with Crippen LogP contribution in [0.15, 0.2) is 43.0 Å². The van der Waals surface area contributed by atoms with E-state index in [1.165, 1.54) is 17.0 Å². The number of rotatable bonds is 3. The number of hydrogen-bond acceptors (Lipinski definition) is 3. The summed E-state index contributed by atoms with van der Waals surface area (Å²) in [7, 11) is 0. The van der Waals surface area contributed by atoms with Crippen LogP contribution in [0, 0.1) is 5.82 Å². The third kappa shape index (κ3) is 3.37. The first-order valence-electron chi connectivity index (χ1n) is 8.55. The van der Waals surface area contributed by atoms with E-state index in [-0.39, 0.29) is 18.3 Å². The second-order valence-electron chi connectivity index (χ2n) is 6.44. The van der Waals surface area contributed by atoms with Crippen molar-refractivity contribution in [3.63, 3.8) is 0 Å². The van der Waals surface area contributed by atoms with Crippen LogP contribution in [0.5, 0.6) is 0 Å². The lowest BCUT2D eigenvalue weighted by atomic mass is 10.1. The lowest BCUT2D eigenvalue weighted by Crippen LogP contribution is -2.37. The number of imidazole rings is 1. The third-order valence-electron chi connectivity index (χ3n) is 4.55. The Kier molecular flexibility index (Phi) is 4.40. The normalized spacial score (nSPS) is 14.2. The molecule has 0 saturated carbocycles. The van der Waals surface area contributed by atoms with Crippen LogP contribution in [0.1, 0.15) is 17.8 Å². The highest BCUT2D eigenvalue weighted by molar-refractivity contribution is 5.94. The van der Waals surface area contributed by atoms with Crippen LogP contribution in [0.2, 0.25) is 0 Å². The summed E-state index contributed by atoms with van der Waals surface area (Å²) in [6, 6.07) is 5.83. The Labute approximate surface area is 157 Å².